The zero-order chi connectivity index (χ0) is 13.7. The number of rotatable bonds is 5. The van der Waals surface area contributed by atoms with Crippen LogP contribution in [0.1, 0.15) is 18.1 Å². The lowest BCUT2D eigenvalue weighted by Gasteiger charge is -2.12. The molecule has 0 saturated heterocycles. The Kier molecular flexibility index (Phi) is 4.58. The van der Waals surface area contributed by atoms with Gasteiger partial charge in [-0.15, -0.1) is 0 Å². The van der Waals surface area contributed by atoms with E-state index in [1.807, 2.05) is 31.2 Å². The van der Waals surface area contributed by atoms with Gasteiger partial charge < -0.3 is 10.1 Å². The highest BCUT2D eigenvalue weighted by molar-refractivity contribution is 6.30. The second-order valence-electron chi connectivity index (χ2n) is 4.01. The highest BCUT2D eigenvalue weighted by Gasteiger charge is 2.08. The first kappa shape index (κ1) is 13.6. The molecule has 2 aromatic rings. The van der Waals surface area contributed by atoms with Crippen molar-refractivity contribution in [1.29, 1.82) is 0 Å². The highest BCUT2D eigenvalue weighted by Crippen LogP contribution is 2.22. The quantitative estimate of drug-likeness (QED) is 0.852. The van der Waals surface area contributed by atoms with Gasteiger partial charge in [0.05, 0.1) is 7.11 Å². The normalized spacial score (nSPS) is 10.3. The maximum Gasteiger partial charge on any atom is 0.137 e. The van der Waals surface area contributed by atoms with Crippen LogP contribution < -0.4 is 10.1 Å². The second kappa shape index (κ2) is 6.38. The average Bonchev–Trinajstić information content (AvgIpc) is 2.45. The number of benzene rings is 1. The molecule has 0 bridgehead atoms. The van der Waals surface area contributed by atoms with Gasteiger partial charge in [0.2, 0.25) is 0 Å². The molecule has 100 valence electrons. The van der Waals surface area contributed by atoms with Crippen molar-refractivity contribution in [2.24, 2.45) is 0 Å². The van der Waals surface area contributed by atoms with E-state index in [4.69, 9.17) is 16.3 Å². The number of anilines is 1. The molecule has 0 aliphatic carbocycles. The summed E-state index contributed by atoms with van der Waals surface area (Å²) in [6, 6.07) is 7.87. The van der Waals surface area contributed by atoms with E-state index in [1.165, 1.54) is 6.33 Å². The Morgan fingerprint density at radius 1 is 1.26 bits per heavy atom. The van der Waals surface area contributed by atoms with E-state index in [1.54, 1.807) is 7.11 Å². The Bertz CT molecular complexity index is 560. The number of ether oxygens (including phenoxy) is 1. The fourth-order valence-electron chi connectivity index (χ4n) is 1.88. The van der Waals surface area contributed by atoms with E-state index < -0.39 is 0 Å². The van der Waals surface area contributed by atoms with Crippen molar-refractivity contribution in [3.8, 4) is 5.75 Å². The number of hydrogen-bond acceptors (Lipinski definition) is 4. The van der Waals surface area contributed by atoms with Crippen LogP contribution in [0.4, 0.5) is 5.82 Å². The molecule has 0 atom stereocenters. The van der Waals surface area contributed by atoms with E-state index in [2.05, 4.69) is 15.3 Å². The van der Waals surface area contributed by atoms with Gasteiger partial charge in [-0.1, -0.05) is 36.7 Å². The van der Waals surface area contributed by atoms with E-state index in [0.29, 0.717) is 11.7 Å². The molecule has 0 fully saturated rings. The lowest BCUT2D eigenvalue weighted by molar-refractivity contribution is 0.410. The first-order chi connectivity index (χ1) is 9.26. The molecule has 5 heteroatoms. The molecule has 0 aliphatic rings. The van der Waals surface area contributed by atoms with Crippen molar-refractivity contribution < 1.29 is 4.74 Å². The molecule has 19 heavy (non-hydrogen) atoms. The fraction of sp³-hybridized carbons (Fsp3) is 0.286. The Morgan fingerprint density at radius 2 is 2.05 bits per heavy atom. The van der Waals surface area contributed by atoms with E-state index >= 15 is 0 Å². The van der Waals surface area contributed by atoms with Crippen molar-refractivity contribution in [2.45, 2.75) is 19.9 Å². The lowest BCUT2D eigenvalue weighted by Crippen LogP contribution is -2.06. The lowest BCUT2D eigenvalue weighted by atomic mass is 10.2. The minimum absolute atomic E-state index is 0.500. The SMILES string of the molecule is CCc1c(Cl)ncnc1NCc1ccccc1OC. The molecule has 0 radical (unpaired) electrons. The van der Waals surface area contributed by atoms with Crippen LogP contribution in [0.2, 0.25) is 5.15 Å². The summed E-state index contributed by atoms with van der Waals surface area (Å²) in [4.78, 5) is 8.22. The summed E-state index contributed by atoms with van der Waals surface area (Å²) in [6.07, 6.45) is 2.25. The molecule has 0 spiro atoms. The fourth-order valence-corrected chi connectivity index (χ4v) is 2.15. The molecular formula is C14H16ClN3O. The Labute approximate surface area is 117 Å². The zero-order valence-corrected chi connectivity index (χ0v) is 11.7. The average molecular weight is 278 g/mol. The summed E-state index contributed by atoms with van der Waals surface area (Å²) in [5.74, 6) is 1.63. The molecule has 0 aliphatic heterocycles. The molecular weight excluding hydrogens is 262 g/mol. The van der Waals surface area contributed by atoms with Crippen LogP contribution in [-0.2, 0) is 13.0 Å². The van der Waals surface area contributed by atoms with Gasteiger partial charge in [0.1, 0.15) is 23.0 Å². The first-order valence-corrected chi connectivity index (χ1v) is 6.49. The Balaban J connectivity index is 2.17. The van der Waals surface area contributed by atoms with Gasteiger partial charge in [-0.3, -0.25) is 0 Å². The van der Waals surface area contributed by atoms with Gasteiger partial charge in [-0.2, -0.15) is 0 Å². The number of halogens is 1. The van der Waals surface area contributed by atoms with E-state index in [-0.39, 0.29) is 0 Å². The van der Waals surface area contributed by atoms with Crippen LogP contribution in [0.5, 0.6) is 5.75 Å². The maximum absolute atomic E-state index is 6.05. The number of nitrogens with one attached hydrogen (secondary N) is 1. The standard InChI is InChI=1S/C14H16ClN3O/c1-3-11-13(15)17-9-18-14(11)16-8-10-6-4-5-7-12(10)19-2/h4-7,9H,3,8H2,1-2H3,(H,16,17,18). The van der Waals surface area contributed by atoms with Crippen molar-refractivity contribution in [2.75, 3.05) is 12.4 Å². The number of aromatic nitrogens is 2. The minimum atomic E-state index is 0.500. The summed E-state index contributed by atoms with van der Waals surface area (Å²) in [7, 11) is 1.66. The monoisotopic (exact) mass is 277 g/mol. The van der Waals surface area contributed by atoms with Crippen molar-refractivity contribution >= 4 is 17.4 Å². The van der Waals surface area contributed by atoms with Gasteiger partial charge in [-0.25, -0.2) is 9.97 Å². The van der Waals surface area contributed by atoms with Crippen LogP contribution in [-0.4, -0.2) is 17.1 Å². The van der Waals surface area contributed by atoms with E-state index in [0.717, 1.165) is 29.1 Å². The predicted octanol–water partition coefficient (Wildman–Crippen LogP) is 3.31. The summed E-state index contributed by atoms with van der Waals surface area (Å²) < 4.78 is 5.32. The third kappa shape index (κ3) is 3.15. The molecule has 1 aromatic carbocycles. The molecule has 0 saturated carbocycles. The first-order valence-electron chi connectivity index (χ1n) is 6.11. The van der Waals surface area contributed by atoms with Gasteiger partial charge in [-0.05, 0) is 12.5 Å². The summed E-state index contributed by atoms with van der Waals surface area (Å²) in [5, 5.41) is 3.78. The number of para-hydroxylation sites is 1. The van der Waals surface area contributed by atoms with Crippen molar-refractivity contribution in [3.63, 3.8) is 0 Å². The van der Waals surface area contributed by atoms with Crippen LogP contribution >= 0.6 is 11.6 Å². The smallest absolute Gasteiger partial charge is 0.137 e. The van der Waals surface area contributed by atoms with Crippen molar-refractivity contribution in [3.05, 3.63) is 46.9 Å². The molecule has 1 heterocycles. The van der Waals surface area contributed by atoms with Crippen LogP contribution in [0.15, 0.2) is 30.6 Å². The van der Waals surface area contributed by atoms with Crippen LogP contribution in [0.25, 0.3) is 0 Å². The maximum atomic E-state index is 6.05. The third-order valence-corrected chi connectivity index (χ3v) is 3.21. The summed E-state index contributed by atoms with van der Waals surface area (Å²) in [5.41, 5.74) is 2.00. The third-order valence-electron chi connectivity index (χ3n) is 2.89. The van der Waals surface area contributed by atoms with Gasteiger partial charge in [0.15, 0.2) is 0 Å². The molecule has 0 amide bonds. The Morgan fingerprint density at radius 3 is 2.79 bits per heavy atom. The number of hydrogen-bond donors (Lipinski definition) is 1. The molecule has 2 rings (SSSR count). The Hall–Kier alpha value is -1.81. The topological polar surface area (TPSA) is 47.0 Å². The predicted molar refractivity (Wildman–Crippen MR) is 76.7 cm³/mol. The zero-order valence-electron chi connectivity index (χ0n) is 11.0. The number of methoxy groups -OCH3 is 1. The van der Waals surface area contributed by atoms with E-state index in [9.17, 15) is 0 Å². The summed E-state index contributed by atoms with van der Waals surface area (Å²) >= 11 is 6.05. The van der Waals surface area contributed by atoms with Gasteiger partial charge in [0.25, 0.3) is 0 Å². The van der Waals surface area contributed by atoms with Crippen LogP contribution in [0.3, 0.4) is 0 Å². The summed E-state index contributed by atoms with van der Waals surface area (Å²) in [6.45, 7) is 2.66. The van der Waals surface area contributed by atoms with Gasteiger partial charge in [0, 0.05) is 17.7 Å². The minimum Gasteiger partial charge on any atom is -0.496 e. The molecule has 1 N–H and O–H groups in total. The molecule has 0 unspecified atom stereocenters. The second-order valence-corrected chi connectivity index (χ2v) is 4.37. The highest BCUT2D eigenvalue weighted by atomic mass is 35.5. The van der Waals surface area contributed by atoms with Crippen molar-refractivity contribution in [1.82, 2.24) is 9.97 Å². The molecule has 1 aromatic heterocycles. The largest absolute Gasteiger partial charge is 0.496 e. The number of nitrogens with zero attached hydrogens (tertiary/aromatic N) is 2. The van der Waals surface area contributed by atoms with Crippen LogP contribution in [0, 0.1) is 0 Å². The molecule has 4 nitrogen and oxygen atoms in total. The van der Waals surface area contributed by atoms with Gasteiger partial charge >= 0.3 is 0 Å².